The lowest BCUT2D eigenvalue weighted by molar-refractivity contribution is -0.129. The Morgan fingerprint density at radius 1 is 0.971 bits per heavy atom. The molecule has 0 unspecified atom stereocenters. The second kappa shape index (κ2) is 10.9. The molecule has 1 saturated heterocycles. The maximum Gasteiger partial charge on any atom is 0.233 e. The molecule has 34 heavy (non-hydrogen) atoms. The number of hydrogen-bond acceptors (Lipinski definition) is 8. The summed E-state index contributed by atoms with van der Waals surface area (Å²) in [6.07, 6.45) is 3.70. The normalized spacial score (nSPS) is 13.8. The van der Waals surface area contributed by atoms with E-state index < -0.39 is 0 Å². The van der Waals surface area contributed by atoms with Crippen molar-refractivity contribution in [2.75, 3.05) is 36.4 Å². The number of nitrogens with zero attached hydrogens (tertiary/aromatic N) is 6. The maximum absolute atomic E-state index is 11.5. The van der Waals surface area contributed by atoms with Crippen LogP contribution in [-0.2, 0) is 17.9 Å². The van der Waals surface area contributed by atoms with E-state index in [1.165, 1.54) is 0 Å². The van der Waals surface area contributed by atoms with Crippen LogP contribution in [0.25, 0.3) is 0 Å². The molecule has 4 heterocycles. The number of piperazine rings is 1. The fourth-order valence-corrected chi connectivity index (χ4v) is 3.66. The summed E-state index contributed by atoms with van der Waals surface area (Å²) < 4.78 is 5.72. The van der Waals surface area contributed by atoms with Crippen molar-refractivity contribution in [3.8, 4) is 5.88 Å². The van der Waals surface area contributed by atoms with Gasteiger partial charge in [-0.1, -0.05) is 26.0 Å². The molecule has 0 atom stereocenters. The number of rotatable bonds is 8. The molecule has 9 nitrogen and oxygen atoms in total. The zero-order valence-corrected chi connectivity index (χ0v) is 19.9. The molecule has 9 heteroatoms. The maximum atomic E-state index is 11.5. The van der Waals surface area contributed by atoms with Crippen LogP contribution >= 0.6 is 0 Å². The summed E-state index contributed by atoms with van der Waals surface area (Å²) >= 11 is 0. The molecule has 4 rings (SSSR count). The van der Waals surface area contributed by atoms with Crippen LogP contribution in [0.2, 0.25) is 0 Å². The second-order valence-electron chi connectivity index (χ2n) is 8.66. The number of ether oxygens (including phenoxy) is 1. The van der Waals surface area contributed by atoms with E-state index in [-0.39, 0.29) is 5.91 Å². The predicted molar refractivity (Wildman–Crippen MR) is 131 cm³/mol. The number of carbonyl (C=O) groups excluding carboxylic acids is 1. The molecule has 0 aliphatic carbocycles. The van der Waals surface area contributed by atoms with Crippen LogP contribution in [-0.4, -0.2) is 57.2 Å². The molecule has 0 saturated carbocycles. The van der Waals surface area contributed by atoms with Crippen molar-refractivity contribution in [2.45, 2.75) is 39.8 Å². The quantitative estimate of drug-likeness (QED) is 0.546. The fraction of sp³-hybridized carbons (Fsp3) is 0.400. The van der Waals surface area contributed by atoms with Gasteiger partial charge in [0.2, 0.25) is 11.8 Å². The van der Waals surface area contributed by atoms with Gasteiger partial charge in [-0.05, 0) is 29.7 Å². The first-order chi connectivity index (χ1) is 16.5. The lowest BCUT2D eigenvalue weighted by Crippen LogP contribution is -2.48. The number of hydrogen-bond donors (Lipinski definition) is 1. The highest BCUT2D eigenvalue weighted by atomic mass is 16.5. The van der Waals surface area contributed by atoms with Crippen LogP contribution in [0.3, 0.4) is 0 Å². The molecule has 178 valence electrons. The van der Waals surface area contributed by atoms with Gasteiger partial charge in [0.1, 0.15) is 18.2 Å². The molecular formula is C25H31N7O2. The van der Waals surface area contributed by atoms with Gasteiger partial charge in [0.25, 0.3) is 0 Å². The van der Waals surface area contributed by atoms with Crippen LogP contribution in [0.5, 0.6) is 5.88 Å². The number of nitrogens with one attached hydrogen (secondary N) is 1. The van der Waals surface area contributed by atoms with Crippen LogP contribution < -0.4 is 15.0 Å². The molecule has 1 N–H and O–H groups in total. The molecule has 3 aromatic heterocycles. The molecule has 1 fully saturated rings. The van der Waals surface area contributed by atoms with E-state index in [4.69, 9.17) is 4.74 Å². The van der Waals surface area contributed by atoms with Crippen molar-refractivity contribution in [3.05, 3.63) is 65.6 Å². The van der Waals surface area contributed by atoms with Crippen molar-refractivity contribution in [1.82, 2.24) is 25.1 Å². The van der Waals surface area contributed by atoms with Gasteiger partial charge in [-0.3, -0.25) is 9.78 Å². The Morgan fingerprint density at radius 2 is 1.74 bits per heavy atom. The first kappa shape index (κ1) is 23.4. The minimum absolute atomic E-state index is 0.130. The second-order valence-corrected chi connectivity index (χ2v) is 8.66. The Hall–Kier alpha value is -3.75. The molecule has 0 aromatic carbocycles. The van der Waals surface area contributed by atoms with E-state index in [0.29, 0.717) is 30.8 Å². The summed E-state index contributed by atoms with van der Waals surface area (Å²) in [5, 5.41) is 11.6. The molecular weight excluding hydrogens is 430 g/mol. The third kappa shape index (κ3) is 6.18. The van der Waals surface area contributed by atoms with Crippen molar-refractivity contribution < 1.29 is 9.53 Å². The minimum Gasteiger partial charge on any atom is -0.472 e. The average molecular weight is 462 g/mol. The van der Waals surface area contributed by atoms with Crippen LogP contribution in [0, 0.1) is 0 Å². The predicted octanol–water partition coefficient (Wildman–Crippen LogP) is 3.25. The number of aromatic nitrogens is 4. The number of carbonyl (C=O) groups is 1. The first-order valence-corrected chi connectivity index (χ1v) is 11.6. The van der Waals surface area contributed by atoms with Crippen LogP contribution in [0.1, 0.15) is 43.5 Å². The lowest BCUT2D eigenvalue weighted by atomic mass is 10.1. The molecule has 0 bridgehead atoms. The van der Waals surface area contributed by atoms with Gasteiger partial charge in [-0.25, -0.2) is 4.98 Å². The summed E-state index contributed by atoms with van der Waals surface area (Å²) in [6, 6.07) is 11.8. The van der Waals surface area contributed by atoms with Crippen molar-refractivity contribution in [1.29, 1.82) is 0 Å². The Morgan fingerprint density at radius 3 is 2.32 bits per heavy atom. The summed E-state index contributed by atoms with van der Waals surface area (Å²) in [5.74, 6) is 2.60. The Kier molecular flexibility index (Phi) is 7.51. The summed E-state index contributed by atoms with van der Waals surface area (Å²) in [7, 11) is 0. The Bertz CT molecular complexity index is 1060. The van der Waals surface area contributed by atoms with E-state index in [1.807, 2.05) is 41.6 Å². The SMILES string of the molecule is CC(=O)N1CCN(c2ccc(CNc3ccc(OCc4ccc(C(C)C)nc4)nn3)cn2)CC1. The van der Waals surface area contributed by atoms with E-state index in [2.05, 4.69) is 50.3 Å². The first-order valence-electron chi connectivity index (χ1n) is 11.6. The third-order valence-corrected chi connectivity index (χ3v) is 5.80. The van der Waals surface area contributed by atoms with Crippen molar-refractivity contribution in [3.63, 3.8) is 0 Å². The summed E-state index contributed by atoms with van der Waals surface area (Å²) in [4.78, 5) is 24.6. The third-order valence-electron chi connectivity index (χ3n) is 5.80. The van der Waals surface area contributed by atoms with Crippen molar-refractivity contribution >= 4 is 17.5 Å². The molecule has 0 radical (unpaired) electrons. The van der Waals surface area contributed by atoms with E-state index >= 15 is 0 Å². The molecule has 1 aliphatic rings. The van der Waals surface area contributed by atoms with Crippen molar-refractivity contribution in [2.24, 2.45) is 0 Å². The zero-order valence-electron chi connectivity index (χ0n) is 19.9. The topological polar surface area (TPSA) is 96.4 Å². The molecule has 1 aliphatic heterocycles. The van der Waals surface area contributed by atoms with Gasteiger partial charge in [0.15, 0.2) is 0 Å². The number of amides is 1. The minimum atomic E-state index is 0.130. The molecule has 1 amide bonds. The summed E-state index contributed by atoms with van der Waals surface area (Å²) in [6.45, 7) is 9.92. The van der Waals surface area contributed by atoms with Gasteiger partial charge in [0, 0.05) is 69.4 Å². The standard InChI is InChI=1S/C25H31N7O2/c1-18(2)22-6-4-21(16-26-22)17-34-25-9-7-23(29-30-25)27-14-20-5-8-24(28-15-20)32-12-10-31(11-13-32)19(3)33/h4-9,15-16,18H,10-14,17H2,1-3H3,(H,27,29). The van der Waals surface area contributed by atoms with Crippen LogP contribution in [0.15, 0.2) is 48.8 Å². The molecule has 0 spiro atoms. The number of anilines is 2. The molecule has 3 aromatic rings. The average Bonchev–Trinajstić information content (AvgIpc) is 2.87. The van der Waals surface area contributed by atoms with E-state index in [9.17, 15) is 4.79 Å². The van der Waals surface area contributed by atoms with Gasteiger partial charge in [-0.2, -0.15) is 0 Å². The monoisotopic (exact) mass is 461 g/mol. The highest BCUT2D eigenvalue weighted by Gasteiger charge is 2.19. The Labute approximate surface area is 200 Å². The van der Waals surface area contributed by atoms with Crippen LogP contribution in [0.4, 0.5) is 11.6 Å². The van der Waals surface area contributed by atoms with E-state index in [1.54, 1.807) is 13.0 Å². The van der Waals surface area contributed by atoms with Gasteiger partial charge in [0.05, 0.1) is 0 Å². The highest BCUT2D eigenvalue weighted by molar-refractivity contribution is 5.73. The lowest BCUT2D eigenvalue weighted by Gasteiger charge is -2.34. The smallest absolute Gasteiger partial charge is 0.233 e. The zero-order chi connectivity index (χ0) is 23.9. The number of pyridine rings is 2. The Balaban J connectivity index is 1.23. The fourth-order valence-electron chi connectivity index (χ4n) is 3.66. The summed E-state index contributed by atoms with van der Waals surface area (Å²) in [5.41, 5.74) is 3.10. The highest BCUT2D eigenvalue weighted by Crippen LogP contribution is 2.16. The largest absolute Gasteiger partial charge is 0.472 e. The van der Waals surface area contributed by atoms with Gasteiger partial charge >= 0.3 is 0 Å². The van der Waals surface area contributed by atoms with E-state index in [0.717, 1.165) is 48.8 Å². The van der Waals surface area contributed by atoms with Gasteiger partial charge < -0.3 is 19.9 Å². The van der Waals surface area contributed by atoms with Gasteiger partial charge in [-0.15, -0.1) is 10.2 Å².